The van der Waals surface area contributed by atoms with E-state index in [0.29, 0.717) is 12.0 Å². The summed E-state index contributed by atoms with van der Waals surface area (Å²) < 4.78 is 0. The Morgan fingerprint density at radius 3 is 2.50 bits per heavy atom. The van der Waals surface area contributed by atoms with Gasteiger partial charge in [-0.2, -0.15) is 0 Å². The fourth-order valence-corrected chi connectivity index (χ4v) is 5.55. The molecule has 1 aromatic heterocycles. The standard InChI is InChI=1S/C27H32N4O/c1-20-5-4-6-24(13-20)22-7-9-23(10-8-22)27-25-17-30(16-21-14-28-19-29-15-21)11-2-3-12-31(25)26(27)18-32/h4-10,13-15,19,25-27,32H,2-3,11-12,16-18H2,1H3/t25-,26-,27-/m0/s1. The Kier molecular flexibility index (Phi) is 6.30. The normalized spacial score (nSPS) is 24.2. The van der Waals surface area contributed by atoms with Crippen LogP contribution in [0, 0.1) is 6.92 Å². The van der Waals surface area contributed by atoms with Gasteiger partial charge >= 0.3 is 0 Å². The lowest BCUT2D eigenvalue weighted by Gasteiger charge is -2.57. The number of aliphatic hydroxyl groups is 1. The van der Waals surface area contributed by atoms with Crippen LogP contribution in [0.15, 0.2) is 67.3 Å². The van der Waals surface area contributed by atoms with Crippen molar-refractivity contribution in [1.29, 1.82) is 0 Å². The molecule has 0 amide bonds. The summed E-state index contributed by atoms with van der Waals surface area (Å²) in [5.74, 6) is 0.360. The Balaban J connectivity index is 1.36. The minimum absolute atomic E-state index is 0.213. The van der Waals surface area contributed by atoms with Crippen molar-refractivity contribution in [3.8, 4) is 11.1 Å². The number of aliphatic hydroxyl groups excluding tert-OH is 1. The average Bonchev–Trinajstić information content (AvgIpc) is 2.81. The van der Waals surface area contributed by atoms with Crippen LogP contribution >= 0.6 is 0 Å². The van der Waals surface area contributed by atoms with E-state index in [1.165, 1.54) is 35.1 Å². The topological polar surface area (TPSA) is 52.5 Å². The largest absolute Gasteiger partial charge is 0.395 e. The monoisotopic (exact) mass is 428 g/mol. The molecule has 3 heterocycles. The molecule has 5 heteroatoms. The molecule has 2 aliphatic heterocycles. The van der Waals surface area contributed by atoms with Gasteiger partial charge in [0, 0.05) is 49.0 Å². The van der Waals surface area contributed by atoms with Crippen molar-refractivity contribution in [3.63, 3.8) is 0 Å². The second kappa shape index (κ2) is 9.49. The number of aromatic nitrogens is 2. The van der Waals surface area contributed by atoms with Crippen LogP contribution in [0.4, 0.5) is 0 Å². The van der Waals surface area contributed by atoms with Gasteiger partial charge < -0.3 is 5.11 Å². The minimum Gasteiger partial charge on any atom is -0.395 e. The quantitative estimate of drug-likeness (QED) is 0.668. The number of rotatable bonds is 5. The predicted molar refractivity (Wildman–Crippen MR) is 127 cm³/mol. The number of hydrogen-bond donors (Lipinski definition) is 1. The summed E-state index contributed by atoms with van der Waals surface area (Å²) in [5.41, 5.74) is 6.28. The van der Waals surface area contributed by atoms with E-state index in [0.717, 1.165) is 31.7 Å². The molecular formula is C27H32N4O. The van der Waals surface area contributed by atoms with E-state index in [-0.39, 0.29) is 12.6 Å². The maximum atomic E-state index is 10.2. The van der Waals surface area contributed by atoms with Crippen molar-refractivity contribution in [1.82, 2.24) is 19.8 Å². The van der Waals surface area contributed by atoms with E-state index < -0.39 is 0 Å². The van der Waals surface area contributed by atoms with Gasteiger partial charge in [-0.25, -0.2) is 9.97 Å². The van der Waals surface area contributed by atoms with Gasteiger partial charge in [-0.3, -0.25) is 9.80 Å². The van der Waals surface area contributed by atoms with E-state index in [9.17, 15) is 5.11 Å². The van der Waals surface area contributed by atoms with Crippen LogP contribution < -0.4 is 0 Å². The molecule has 2 aromatic carbocycles. The summed E-state index contributed by atoms with van der Waals surface area (Å²) >= 11 is 0. The number of hydrogen-bond acceptors (Lipinski definition) is 5. The first-order valence-corrected chi connectivity index (χ1v) is 11.7. The predicted octanol–water partition coefficient (Wildman–Crippen LogP) is 3.88. The Hall–Kier alpha value is -2.60. The van der Waals surface area contributed by atoms with Gasteiger partial charge in [0.25, 0.3) is 0 Å². The Morgan fingerprint density at radius 2 is 1.75 bits per heavy atom. The summed E-state index contributed by atoms with van der Waals surface area (Å²) in [4.78, 5) is 13.4. The van der Waals surface area contributed by atoms with E-state index in [1.807, 2.05) is 12.4 Å². The summed E-state index contributed by atoms with van der Waals surface area (Å²) in [6, 6.07) is 18.3. The lowest BCUT2D eigenvalue weighted by molar-refractivity contribution is -0.0655. The van der Waals surface area contributed by atoms with Crippen molar-refractivity contribution in [2.45, 2.75) is 44.3 Å². The summed E-state index contributed by atoms with van der Waals surface area (Å²) in [7, 11) is 0. The van der Waals surface area contributed by atoms with Crippen LogP contribution in [0.5, 0.6) is 0 Å². The molecular weight excluding hydrogens is 396 g/mol. The first-order valence-electron chi connectivity index (χ1n) is 11.7. The summed E-state index contributed by atoms with van der Waals surface area (Å²) in [6.45, 7) is 6.42. The highest BCUT2D eigenvalue weighted by Crippen LogP contribution is 2.42. The third kappa shape index (κ3) is 4.33. The minimum atomic E-state index is 0.213. The first-order chi connectivity index (χ1) is 15.7. The second-order valence-corrected chi connectivity index (χ2v) is 9.26. The summed E-state index contributed by atoms with van der Waals surface area (Å²) in [5, 5.41) is 10.2. The van der Waals surface area contributed by atoms with Crippen LogP contribution in [0.1, 0.15) is 35.4 Å². The van der Waals surface area contributed by atoms with E-state index in [4.69, 9.17) is 0 Å². The van der Waals surface area contributed by atoms with Crippen molar-refractivity contribution < 1.29 is 5.11 Å². The molecule has 5 nitrogen and oxygen atoms in total. The number of benzene rings is 2. The van der Waals surface area contributed by atoms with Crippen LogP contribution in [0.3, 0.4) is 0 Å². The number of nitrogens with zero attached hydrogens (tertiary/aromatic N) is 4. The van der Waals surface area contributed by atoms with E-state index in [2.05, 4.69) is 75.2 Å². The molecule has 1 N–H and O–H groups in total. The van der Waals surface area contributed by atoms with Gasteiger partial charge in [-0.1, -0.05) is 54.1 Å². The smallest absolute Gasteiger partial charge is 0.115 e. The molecule has 0 aliphatic carbocycles. The Bertz CT molecular complexity index is 1020. The van der Waals surface area contributed by atoms with Gasteiger partial charge in [0.2, 0.25) is 0 Å². The Morgan fingerprint density at radius 1 is 0.969 bits per heavy atom. The molecule has 0 radical (unpaired) electrons. The van der Waals surface area contributed by atoms with Crippen LogP contribution in [0.25, 0.3) is 11.1 Å². The zero-order valence-corrected chi connectivity index (χ0v) is 18.8. The SMILES string of the molecule is Cc1cccc(-c2ccc([C@@H]3[C@H](CO)N4CCCCN(Cc5cncnc5)C[C@@H]34)cc2)c1. The van der Waals surface area contributed by atoms with Gasteiger partial charge in [0.1, 0.15) is 6.33 Å². The van der Waals surface area contributed by atoms with Crippen molar-refractivity contribution in [2.24, 2.45) is 0 Å². The molecule has 2 saturated heterocycles. The highest BCUT2D eigenvalue weighted by molar-refractivity contribution is 5.64. The first kappa shape index (κ1) is 21.3. The number of fused-ring (bicyclic) bond motifs is 1. The Labute approximate surface area is 190 Å². The fraction of sp³-hybridized carbons (Fsp3) is 0.407. The molecule has 0 spiro atoms. The van der Waals surface area contributed by atoms with E-state index in [1.54, 1.807) is 6.33 Å². The maximum Gasteiger partial charge on any atom is 0.115 e. The molecule has 2 fully saturated rings. The zero-order chi connectivity index (χ0) is 21.9. The van der Waals surface area contributed by atoms with Crippen molar-refractivity contribution in [3.05, 3.63) is 83.9 Å². The highest BCUT2D eigenvalue weighted by atomic mass is 16.3. The van der Waals surface area contributed by atoms with Crippen LogP contribution in [-0.2, 0) is 6.54 Å². The molecule has 3 aromatic rings. The molecule has 5 rings (SSSR count). The van der Waals surface area contributed by atoms with Gasteiger partial charge in [0.15, 0.2) is 0 Å². The summed E-state index contributed by atoms with van der Waals surface area (Å²) in [6.07, 6.45) is 7.79. The van der Waals surface area contributed by atoms with Gasteiger partial charge in [0.05, 0.1) is 6.61 Å². The van der Waals surface area contributed by atoms with Gasteiger partial charge in [-0.05, 0) is 49.5 Å². The average molecular weight is 429 g/mol. The molecule has 32 heavy (non-hydrogen) atoms. The van der Waals surface area contributed by atoms with Crippen LogP contribution in [-0.4, -0.2) is 63.2 Å². The molecule has 0 bridgehead atoms. The van der Waals surface area contributed by atoms with Crippen LogP contribution in [0.2, 0.25) is 0 Å². The van der Waals surface area contributed by atoms with Gasteiger partial charge in [-0.15, -0.1) is 0 Å². The molecule has 3 atom stereocenters. The molecule has 2 aliphatic rings. The molecule has 0 saturated carbocycles. The zero-order valence-electron chi connectivity index (χ0n) is 18.8. The fourth-order valence-electron chi connectivity index (χ4n) is 5.55. The third-order valence-electron chi connectivity index (χ3n) is 7.12. The molecule has 166 valence electrons. The maximum absolute atomic E-state index is 10.2. The van der Waals surface area contributed by atoms with Crippen molar-refractivity contribution >= 4 is 0 Å². The lowest BCUT2D eigenvalue weighted by Crippen LogP contribution is -2.67. The van der Waals surface area contributed by atoms with Crippen molar-refractivity contribution in [2.75, 3.05) is 26.2 Å². The second-order valence-electron chi connectivity index (χ2n) is 9.26. The molecule has 0 unspecified atom stereocenters. The van der Waals surface area contributed by atoms with E-state index >= 15 is 0 Å². The highest BCUT2D eigenvalue weighted by Gasteiger charge is 2.49. The number of aryl methyl sites for hydroxylation is 1. The lowest BCUT2D eigenvalue weighted by atomic mass is 9.74. The third-order valence-corrected chi connectivity index (χ3v) is 7.12.